The average molecular weight is 361 g/mol. The molecule has 140 valence electrons. The number of fused-ring (bicyclic) bond motifs is 1. The number of nitrogens with zero attached hydrogens (tertiary/aromatic N) is 2. The molecule has 3 rings (SSSR count). The lowest BCUT2D eigenvalue weighted by atomic mass is 10.0. The molecule has 0 bridgehead atoms. The predicted octanol–water partition coefficient (Wildman–Crippen LogP) is 5.72. The van der Waals surface area contributed by atoms with Crippen LogP contribution >= 0.6 is 0 Å². The second kappa shape index (κ2) is 7.91. The normalized spacial score (nSPS) is 11.4. The molecule has 0 atom stereocenters. The highest BCUT2D eigenvalue weighted by Crippen LogP contribution is 2.27. The fourth-order valence-electron chi connectivity index (χ4n) is 3.62. The molecule has 3 heteroatoms. The first kappa shape index (κ1) is 19.1. The molecule has 0 aliphatic rings. The summed E-state index contributed by atoms with van der Waals surface area (Å²) in [5, 5.41) is 0.905. The van der Waals surface area contributed by atoms with Crippen LogP contribution in [0.2, 0.25) is 0 Å². The molecule has 0 saturated carbocycles. The lowest BCUT2D eigenvalue weighted by molar-refractivity contribution is 0.0646. The molecule has 1 heterocycles. The molecule has 0 unspecified atom stereocenters. The number of para-hydroxylation sites is 1. The summed E-state index contributed by atoms with van der Waals surface area (Å²) in [5.74, 6) is 0.0602. The third-order valence-corrected chi connectivity index (χ3v) is 4.95. The number of carbonyl (C=O) groups excluding carboxylic acids is 1. The monoisotopic (exact) mass is 360 g/mol. The van der Waals surface area contributed by atoms with Gasteiger partial charge < -0.3 is 4.90 Å². The minimum atomic E-state index is 0.0602. The van der Waals surface area contributed by atoms with Crippen LogP contribution < -0.4 is 0 Å². The number of pyridine rings is 1. The van der Waals surface area contributed by atoms with Crippen molar-refractivity contribution >= 4 is 16.8 Å². The van der Waals surface area contributed by atoms with Crippen molar-refractivity contribution in [2.24, 2.45) is 0 Å². The van der Waals surface area contributed by atoms with Gasteiger partial charge in [0, 0.05) is 23.0 Å². The molecule has 0 fully saturated rings. The van der Waals surface area contributed by atoms with E-state index in [1.807, 2.05) is 35.2 Å². The Kier molecular flexibility index (Phi) is 5.59. The van der Waals surface area contributed by atoms with Crippen LogP contribution in [0.5, 0.6) is 0 Å². The van der Waals surface area contributed by atoms with Crippen LogP contribution in [-0.2, 0) is 6.42 Å². The zero-order valence-electron chi connectivity index (χ0n) is 16.9. The van der Waals surface area contributed by atoms with Gasteiger partial charge in [-0.2, -0.15) is 0 Å². The summed E-state index contributed by atoms with van der Waals surface area (Å²) < 4.78 is 0. The summed E-state index contributed by atoms with van der Waals surface area (Å²) in [5.41, 5.74) is 4.74. The van der Waals surface area contributed by atoms with E-state index in [9.17, 15) is 4.79 Å². The number of rotatable bonds is 5. The summed E-state index contributed by atoms with van der Waals surface area (Å²) in [6.07, 6.45) is 1.01. The topological polar surface area (TPSA) is 33.2 Å². The number of hydrogen-bond donors (Lipinski definition) is 0. The summed E-state index contributed by atoms with van der Waals surface area (Å²) in [6, 6.07) is 18.5. The second-order valence-electron chi connectivity index (χ2n) is 7.52. The second-order valence-corrected chi connectivity index (χ2v) is 7.52. The van der Waals surface area contributed by atoms with E-state index in [1.54, 1.807) is 0 Å². The first-order chi connectivity index (χ1) is 12.9. The highest BCUT2D eigenvalue weighted by molar-refractivity contribution is 6.07. The van der Waals surface area contributed by atoms with Gasteiger partial charge in [0.25, 0.3) is 5.91 Å². The third-order valence-electron chi connectivity index (χ3n) is 4.95. The molecule has 0 aliphatic carbocycles. The van der Waals surface area contributed by atoms with Crippen LogP contribution in [0.4, 0.5) is 0 Å². The van der Waals surface area contributed by atoms with E-state index in [2.05, 4.69) is 58.9 Å². The third kappa shape index (κ3) is 3.87. The van der Waals surface area contributed by atoms with Crippen molar-refractivity contribution < 1.29 is 4.79 Å². The molecule has 3 nitrogen and oxygen atoms in total. The molecule has 0 saturated heterocycles. The Morgan fingerprint density at radius 1 is 0.963 bits per heavy atom. The maximum atomic E-state index is 13.4. The molecule has 3 aromatic rings. The van der Waals surface area contributed by atoms with Crippen molar-refractivity contribution in [2.75, 3.05) is 0 Å². The van der Waals surface area contributed by atoms with E-state index in [0.29, 0.717) is 0 Å². The fourth-order valence-corrected chi connectivity index (χ4v) is 3.62. The minimum absolute atomic E-state index is 0.0602. The smallest absolute Gasteiger partial charge is 0.255 e. The van der Waals surface area contributed by atoms with Gasteiger partial charge in [0.15, 0.2) is 0 Å². The summed E-state index contributed by atoms with van der Waals surface area (Å²) in [4.78, 5) is 20.2. The Balaban J connectivity index is 2.17. The highest BCUT2D eigenvalue weighted by Gasteiger charge is 2.24. The SMILES string of the molecule is CCc1ccc(-c2cc(C(=O)N(C(C)C)C(C)C)c3ccccc3n2)cc1. The van der Waals surface area contributed by atoms with E-state index in [1.165, 1.54) is 5.56 Å². The number of benzene rings is 2. The van der Waals surface area contributed by atoms with Crippen LogP contribution in [0.15, 0.2) is 54.6 Å². The Morgan fingerprint density at radius 3 is 2.19 bits per heavy atom. The van der Waals surface area contributed by atoms with Gasteiger partial charge in [-0.25, -0.2) is 4.98 Å². The number of hydrogen-bond acceptors (Lipinski definition) is 2. The highest BCUT2D eigenvalue weighted by atomic mass is 16.2. The molecule has 2 aromatic carbocycles. The number of aryl methyl sites for hydroxylation is 1. The van der Waals surface area contributed by atoms with Gasteiger partial charge in [0.2, 0.25) is 0 Å². The standard InChI is InChI=1S/C24H28N2O/c1-6-18-11-13-19(14-12-18)23-15-21(20-9-7-8-10-22(20)25-23)24(27)26(16(2)3)17(4)5/h7-17H,6H2,1-5H3. The van der Waals surface area contributed by atoms with E-state index in [0.717, 1.165) is 34.1 Å². The van der Waals surface area contributed by atoms with Gasteiger partial charge in [-0.15, -0.1) is 0 Å². The molecular formula is C24H28N2O. The van der Waals surface area contributed by atoms with Crippen LogP contribution in [0.1, 0.15) is 50.5 Å². The van der Waals surface area contributed by atoms with Crippen molar-refractivity contribution in [3.8, 4) is 11.3 Å². The van der Waals surface area contributed by atoms with Crippen LogP contribution in [0.25, 0.3) is 22.2 Å². The average Bonchev–Trinajstić information content (AvgIpc) is 2.66. The Hall–Kier alpha value is -2.68. The molecule has 0 spiro atoms. The molecule has 1 amide bonds. The zero-order valence-corrected chi connectivity index (χ0v) is 16.9. The molecular weight excluding hydrogens is 332 g/mol. The molecule has 0 radical (unpaired) electrons. The zero-order chi connectivity index (χ0) is 19.6. The number of amides is 1. The fraction of sp³-hybridized carbons (Fsp3) is 0.333. The van der Waals surface area contributed by atoms with Gasteiger partial charge in [-0.1, -0.05) is 49.4 Å². The van der Waals surface area contributed by atoms with Crippen molar-refractivity contribution in [1.82, 2.24) is 9.88 Å². The lowest BCUT2D eigenvalue weighted by Crippen LogP contribution is -2.42. The van der Waals surface area contributed by atoms with Gasteiger partial charge in [0.05, 0.1) is 16.8 Å². The maximum Gasteiger partial charge on any atom is 0.255 e. The number of aromatic nitrogens is 1. The first-order valence-corrected chi connectivity index (χ1v) is 9.74. The van der Waals surface area contributed by atoms with E-state index in [-0.39, 0.29) is 18.0 Å². The summed E-state index contributed by atoms with van der Waals surface area (Å²) >= 11 is 0. The van der Waals surface area contributed by atoms with Crippen LogP contribution in [-0.4, -0.2) is 27.9 Å². The van der Waals surface area contributed by atoms with Crippen molar-refractivity contribution in [3.05, 3.63) is 65.7 Å². The van der Waals surface area contributed by atoms with Crippen molar-refractivity contribution in [1.29, 1.82) is 0 Å². The molecule has 0 N–H and O–H groups in total. The van der Waals surface area contributed by atoms with E-state index >= 15 is 0 Å². The van der Waals surface area contributed by atoms with Gasteiger partial charge >= 0.3 is 0 Å². The molecule has 1 aromatic heterocycles. The molecule has 27 heavy (non-hydrogen) atoms. The summed E-state index contributed by atoms with van der Waals surface area (Å²) in [7, 11) is 0. The van der Waals surface area contributed by atoms with Crippen molar-refractivity contribution in [2.45, 2.75) is 53.1 Å². The molecule has 0 aliphatic heterocycles. The Labute approximate surface area is 162 Å². The van der Waals surface area contributed by atoms with E-state index < -0.39 is 0 Å². The van der Waals surface area contributed by atoms with Crippen LogP contribution in [0.3, 0.4) is 0 Å². The Morgan fingerprint density at radius 2 is 1.59 bits per heavy atom. The Bertz CT molecular complexity index is 934. The van der Waals surface area contributed by atoms with E-state index in [4.69, 9.17) is 4.98 Å². The first-order valence-electron chi connectivity index (χ1n) is 9.74. The van der Waals surface area contributed by atoms with Gasteiger partial charge in [-0.05, 0) is 51.8 Å². The lowest BCUT2D eigenvalue weighted by Gasteiger charge is -2.31. The van der Waals surface area contributed by atoms with Crippen LogP contribution in [0, 0.1) is 0 Å². The maximum absolute atomic E-state index is 13.4. The predicted molar refractivity (Wildman–Crippen MR) is 113 cm³/mol. The summed E-state index contributed by atoms with van der Waals surface area (Å²) in [6.45, 7) is 10.4. The van der Waals surface area contributed by atoms with Gasteiger partial charge in [-0.3, -0.25) is 4.79 Å². The minimum Gasteiger partial charge on any atom is -0.334 e. The largest absolute Gasteiger partial charge is 0.334 e. The van der Waals surface area contributed by atoms with Crippen molar-refractivity contribution in [3.63, 3.8) is 0 Å². The quantitative estimate of drug-likeness (QED) is 0.583. The number of carbonyl (C=O) groups is 1. The van der Waals surface area contributed by atoms with Gasteiger partial charge in [0.1, 0.15) is 0 Å².